The summed E-state index contributed by atoms with van der Waals surface area (Å²) in [4.78, 5) is 3.32. The van der Waals surface area contributed by atoms with Crippen molar-refractivity contribution < 1.29 is 0 Å². The average molecular weight is 250 g/mol. The van der Waals surface area contributed by atoms with Crippen LogP contribution in [0.1, 0.15) is 51.0 Å². The fraction of sp³-hybridized carbons (Fsp3) is 0.467. The number of aromatic amines is 1. The maximum Gasteiger partial charge on any atom is 0.0647 e. The molecule has 1 nitrogen and oxygen atoms in total. The number of hydrogen-bond acceptors (Lipinski definition) is 0. The molecule has 0 saturated carbocycles. The van der Waals surface area contributed by atoms with Crippen LogP contribution in [0.3, 0.4) is 0 Å². The van der Waals surface area contributed by atoms with Gasteiger partial charge < -0.3 is 4.98 Å². The minimum absolute atomic E-state index is 0.655. The third-order valence-corrected chi connectivity index (χ3v) is 3.85. The Balaban J connectivity index is 2.37. The molecule has 1 atom stereocenters. The third-order valence-electron chi connectivity index (χ3n) is 3.54. The van der Waals surface area contributed by atoms with Gasteiger partial charge in [-0.3, -0.25) is 0 Å². The Bertz CT molecular complexity index is 487. The SMILES string of the molecule is CCCCC(CC)c1c[nH]c2c(Cl)cccc12. The molecule has 0 saturated heterocycles. The summed E-state index contributed by atoms with van der Waals surface area (Å²) in [5, 5.41) is 2.11. The Hall–Kier alpha value is -0.950. The van der Waals surface area contributed by atoms with Crippen molar-refractivity contribution in [2.24, 2.45) is 0 Å². The fourth-order valence-electron chi connectivity index (χ4n) is 2.51. The smallest absolute Gasteiger partial charge is 0.0647 e. The Kier molecular flexibility index (Phi) is 4.11. The van der Waals surface area contributed by atoms with Gasteiger partial charge >= 0.3 is 0 Å². The van der Waals surface area contributed by atoms with Gasteiger partial charge in [-0.2, -0.15) is 0 Å². The molecule has 0 fully saturated rings. The lowest BCUT2D eigenvalue weighted by molar-refractivity contribution is 0.573. The first-order valence-electron chi connectivity index (χ1n) is 6.53. The summed E-state index contributed by atoms with van der Waals surface area (Å²) in [6.45, 7) is 4.52. The molecule has 0 radical (unpaired) electrons. The molecule has 0 aliphatic heterocycles. The zero-order valence-electron chi connectivity index (χ0n) is 10.6. The first kappa shape index (κ1) is 12.5. The van der Waals surface area contributed by atoms with Crippen LogP contribution in [0.4, 0.5) is 0 Å². The van der Waals surface area contributed by atoms with Crippen LogP contribution < -0.4 is 0 Å². The molecule has 0 aliphatic rings. The number of aromatic nitrogens is 1. The lowest BCUT2D eigenvalue weighted by atomic mass is 9.91. The van der Waals surface area contributed by atoms with Gasteiger partial charge in [-0.25, -0.2) is 0 Å². The van der Waals surface area contributed by atoms with E-state index < -0.39 is 0 Å². The summed E-state index contributed by atoms with van der Waals surface area (Å²) >= 11 is 6.19. The number of hydrogen-bond donors (Lipinski definition) is 1. The monoisotopic (exact) mass is 249 g/mol. The molecule has 2 heteroatoms. The van der Waals surface area contributed by atoms with E-state index in [-0.39, 0.29) is 0 Å². The zero-order chi connectivity index (χ0) is 12.3. The molecule has 1 aromatic carbocycles. The summed E-state index contributed by atoms with van der Waals surface area (Å²) < 4.78 is 0. The second-order valence-electron chi connectivity index (χ2n) is 4.65. The van der Waals surface area contributed by atoms with Crippen molar-refractivity contribution in [3.63, 3.8) is 0 Å². The number of rotatable bonds is 5. The first-order valence-corrected chi connectivity index (χ1v) is 6.91. The van der Waals surface area contributed by atoms with Gasteiger partial charge in [-0.05, 0) is 30.4 Å². The number of fused-ring (bicyclic) bond motifs is 1. The molecule has 0 bridgehead atoms. The molecule has 2 aromatic rings. The van der Waals surface area contributed by atoms with E-state index in [1.807, 2.05) is 12.1 Å². The number of nitrogens with one attached hydrogen (secondary N) is 1. The molecule has 1 N–H and O–H groups in total. The lowest BCUT2D eigenvalue weighted by Gasteiger charge is -2.13. The minimum Gasteiger partial charge on any atom is -0.360 e. The lowest BCUT2D eigenvalue weighted by Crippen LogP contribution is -1.96. The Morgan fingerprint density at radius 1 is 1.29 bits per heavy atom. The van der Waals surface area contributed by atoms with Crippen LogP contribution in [-0.4, -0.2) is 4.98 Å². The Morgan fingerprint density at radius 2 is 2.12 bits per heavy atom. The van der Waals surface area contributed by atoms with E-state index in [1.165, 1.54) is 36.6 Å². The van der Waals surface area contributed by atoms with Crippen molar-refractivity contribution >= 4 is 22.5 Å². The van der Waals surface area contributed by atoms with Gasteiger partial charge in [0.25, 0.3) is 0 Å². The topological polar surface area (TPSA) is 15.8 Å². The van der Waals surface area contributed by atoms with Crippen molar-refractivity contribution in [1.29, 1.82) is 0 Å². The molecule has 1 heterocycles. The predicted molar refractivity (Wildman–Crippen MR) is 75.9 cm³/mol. The molecule has 0 amide bonds. The maximum absolute atomic E-state index is 6.19. The van der Waals surface area contributed by atoms with Gasteiger partial charge in [-0.1, -0.05) is 50.4 Å². The molecule has 0 spiro atoms. The molecule has 1 unspecified atom stereocenters. The van der Waals surface area contributed by atoms with Crippen molar-refractivity contribution in [3.05, 3.63) is 35.0 Å². The van der Waals surface area contributed by atoms with Crippen LogP contribution in [0.15, 0.2) is 24.4 Å². The molecular formula is C15H20ClN. The Labute approximate surface area is 108 Å². The van der Waals surface area contributed by atoms with Crippen molar-refractivity contribution in [2.75, 3.05) is 0 Å². The van der Waals surface area contributed by atoms with Crippen LogP contribution in [0.2, 0.25) is 5.02 Å². The van der Waals surface area contributed by atoms with E-state index in [1.54, 1.807) is 0 Å². The average Bonchev–Trinajstić information content (AvgIpc) is 2.76. The van der Waals surface area contributed by atoms with Gasteiger partial charge in [0.1, 0.15) is 0 Å². The summed E-state index contributed by atoms with van der Waals surface area (Å²) in [5.74, 6) is 0.655. The van der Waals surface area contributed by atoms with Crippen LogP contribution in [0, 0.1) is 0 Å². The van der Waals surface area contributed by atoms with E-state index in [4.69, 9.17) is 11.6 Å². The second kappa shape index (κ2) is 5.59. The fourth-order valence-corrected chi connectivity index (χ4v) is 2.74. The summed E-state index contributed by atoms with van der Waals surface area (Å²) in [6.07, 6.45) is 7.16. The molecule has 2 rings (SSSR count). The maximum atomic E-state index is 6.19. The predicted octanol–water partition coefficient (Wildman–Crippen LogP) is 5.51. The highest BCUT2D eigenvalue weighted by molar-refractivity contribution is 6.35. The van der Waals surface area contributed by atoms with Crippen molar-refractivity contribution in [2.45, 2.75) is 45.4 Å². The van der Waals surface area contributed by atoms with Crippen LogP contribution in [0.5, 0.6) is 0 Å². The third kappa shape index (κ3) is 2.50. The highest BCUT2D eigenvalue weighted by Crippen LogP contribution is 2.33. The Morgan fingerprint density at radius 3 is 2.82 bits per heavy atom. The summed E-state index contributed by atoms with van der Waals surface area (Å²) in [6, 6.07) is 6.15. The molecular weight excluding hydrogens is 230 g/mol. The van der Waals surface area contributed by atoms with Crippen molar-refractivity contribution in [3.8, 4) is 0 Å². The minimum atomic E-state index is 0.655. The highest BCUT2D eigenvalue weighted by Gasteiger charge is 2.14. The van der Waals surface area contributed by atoms with E-state index in [9.17, 15) is 0 Å². The van der Waals surface area contributed by atoms with Crippen molar-refractivity contribution in [1.82, 2.24) is 4.98 Å². The quantitative estimate of drug-likeness (QED) is 0.720. The molecule has 1 aromatic heterocycles. The number of halogens is 1. The number of H-pyrrole nitrogens is 1. The van der Waals surface area contributed by atoms with Gasteiger partial charge in [0.15, 0.2) is 0 Å². The zero-order valence-corrected chi connectivity index (χ0v) is 11.3. The van der Waals surface area contributed by atoms with Crippen LogP contribution >= 0.6 is 11.6 Å². The van der Waals surface area contributed by atoms with Crippen LogP contribution in [0.25, 0.3) is 10.9 Å². The van der Waals surface area contributed by atoms with E-state index in [0.717, 1.165) is 10.5 Å². The normalized spacial score (nSPS) is 13.1. The number of para-hydroxylation sites is 1. The van der Waals surface area contributed by atoms with E-state index >= 15 is 0 Å². The summed E-state index contributed by atoms with van der Waals surface area (Å²) in [7, 11) is 0. The van der Waals surface area contributed by atoms with Gasteiger partial charge in [0.05, 0.1) is 10.5 Å². The van der Waals surface area contributed by atoms with E-state index in [0.29, 0.717) is 5.92 Å². The number of benzene rings is 1. The summed E-state index contributed by atoms with van der Waals surface area (Å²) in [5.41, 5.74) is 2.51. The second-order valence-corrected chi connectivity index (χ2v) is 5.06. The molecule has 0 aliphatic carbocycles. The highest BCUT2D eigenvalue weighted by atomic mass is 35.5. The van der Waals surface area contributed by atoms with Crippen LogP contribution in [-0.2, 0) is 0 Å². The van der Waals surface area contributed by atoms with E-state index in [2.05, 4.69) is 31.1 Å². The standard InChI is InChI=1S/C15H20ClN/c1-3-5-7-11(4-2)13-10-17-15-12(13)8-6-9-14(15)16/h6,8-11,17H,3-5,7H2,1-2H3. The van der Waals surface area contributed by atoms with Gasteiger partial charge in [0.2, 0.25) is 0 Å². The molecule has 92 valence electrons. The largest absolute Gasteiger partial charge is 0.360 e. The van der Waals surface area contributed by atoms with Gasteiger partial charge in [-0.15, -0.1) is 0 Å². The number of unbranched alkanes of at least 4 members (excludes halogenated alkanes) is 1. The molecule has 17 heavy (non-hydrogen) atoms. The first-order chi connectivity index (χ1) is 8.27. The van der Waals surface area contributed by atoms with Gasteiger partial charge in [0, 0.05) is 11.6 Å².